The molecule has 0 radical (unpaired) electrons. The Morgan fingerprint density at radius 2 is 1.89 bits per heavy atom. The van der Waals surface area contributed by atoms with Gasteiger partial charge in [-0.15, -0.1) is 0 Å². The Balaban J connectivity index is 3.78. The van der Waals surface area contributed by atoms with E-state index in [0.29, 0.717) is 0 Å². The molecule has 0 aliphatic carbocycles. The number of hydrogen-bond donors (Lipinski definition) is 0. The highest BCUT2D eigenvalue weighted by Crippen LogP contribution is 2.16. The maximum atomic E-state index is 11.7. The summed E-state index contributed by atoms with van der Waals surface area (Å²) in [5.41, 5.74) is 0. The third-order valence-electron chi connectivity index (χ3n) is 1.60. The highest BCUT2D eigenvalue weighted by Gasteiger charge is 2.30. The quantitative estimate of drug-likeness (QED) is 0.292. The fraction of sp³-hybridized carbons (Fsp3) is 0.667. The molecule has 0 aromatic carbocycles. The van der Waals surface area contributed by atoms with E-state index in [-0.39, 0.29) is 19.4 Å². The molecule has 0 aliphatic heterocycles. The van der Waals surface area contributed by atoms with Gasteiger partial charge < -0.3 is 4.74 Å². The minimum absolute atomic E-state index is 0.0281. The van der Waals surface area contributed by atoms with Crippen LogP contribution in [0.3, 0.4) is 0 Å². The SMILES string of the molecule is C=CC(=O)OCCCCS(=O)(=O)OCC(F)(F)F. The smallest absolute Gasteiger partial charge is 0.413 e. The molecule has 0 atom stereocenters. The van der Waals surface area contributed by atoms with E-state index in [1.165, 1.54) is 0 Å². The molecule has 0 saturated carbocycles. The standard InChI is InChI=1S/C9H13F3O5S/c1-2-8(13)16-5-3-4-6-18(14,15)17-7-9(10,11)12/h2H,1,3-7H2. The Morgan fingerprint density at radius 1 is 1.28 bits per heavy atom. The second-order valence-corrected chi connectivity index (χ2v) is 4.98. The van der Waals surface area contributed by atoms with E-state index < -0.39 is 34.6 Å². The monoisotopic (exact) mass is 290 g/mol. The van der Waals surface area contributed by atoms with E-state index in [1.807, 2.05) is 0 Å². The van der Waals surface area contributed by atoms with Crippen LogP contribution in [0, 0.1) is 0 Å². The normalized spacial score (nSPS) is 12.2. The van der Waals surface area contributed by atoms with Crippen molar-refractivity contribution in [3.8, 4) is 0 Å². The van der Waals surface area contributed by atoms with Gasteiger partial charge in [0.1, 0.15) is 0 Å². The lowest BCUT2D eigenvalue weighted by molar-refractivity contribution is -0.152. The molecule has 9 heteroatoms. The number of unbranched alkanes of at least 4 members (excludes halogenated alkanes) is 1. The summed E-state index contributed by atoms with van der Waals surface area (Å²) in [6, 6.07) is 0. The molecule has 0 spiro atoms. The molecule has 0 N–H and O–H groups in total. The van der Waals surface area contributed by atoms with Crippen molar-refractivity contribution in [3.63, 3.8) is 0 Å². The van der Waals surface area contributed by atoms with Crippen LogP contribution in [0.2, 0.25) is 0 Å². The Bertz CT molecular complexity index is 374. The third-order valence-corrected chi connectivity index (χ3v) is 2.87. The highest BCUT2D eigenvalue weighted by atomic mass is 32.2. The number of hydrogen-bond acceptors (Lipinski definition) is 5. The molecule has 0 amide bonds. The lowest BCUT2D eigenvalue weighted by Gasteiger charge is -2.08. The van der Waals surface area contributed by atoms with Gasteiger partial charge in [0.2, 0.25) is 0 Å². The van der Waals surface area contributed by atoms with Gasteiger partial charge in [-0.3, -0.25) is 4.18 Å². The predicted octanol–water partition coefficient (Wildman–Crippen LogP) is 1.40. The summed E-state index contributed by atoms with van der Waals surface area (Å²) < 4.78 is 65.4. The number of alkyl halides is 3. The van der Waals surface area contributed by atoms with E-state index >= 15 is 0 Å². The van der Waals surface area contributed by atoms with Crippen LogP contribution in [0.25, 0.3) is 0 Å². The summed E-state index contributed by atoms with van der Waals surface area (Å²) in [4.78, 5) is 10.6. The van der Waals surface area contributed by atoms with Crippen LogP contribution < -0.4 is 0 Å². The van der Waals surface area contributed by atoms with Crippen LogP contribution in [0.1, 0.15) is 12.8 Å². The van der Waals surface area contributed by atoms with E-state index in [2.05, 4.69) is 15.5 Å². The maximum absolute atomic E-state index is 11.7. The maximum Gasteiger partial charge on any atom is 0.413 e. The number of carbonyl (C=O) groups is 1. The first-order valence-corrected chi connectivity index (χ1v) is 6.47. The van der Waals surface area contributed by atoms with Crippen molar-refractivity contribution < 1.29 is 35.3 Å². The second kappa shape index (κ2) is 7.37. The van der Waals surface area contributed by atoms with E-state index in [4.69, 9.17) is 0 Å². The summed E-state index contributed by atoms with van der Waals surface area (Å²) in [5, 5.41) is 0. The molecular formula is C9H13F3O5S. The van der Waals surface area contributed by atoms with Crippen molar-refractivity contribution in [1.82, 2.24) is 0 Å². The van der Waals surface area contributed by atoms with Crippen LogP contribution in [0.4, 0.5) is 13.2 Å². The van der Waals surface area contributed by atoms with Gasteiger partial charge in [0.25, 0.3) is 10.1 Å². The van der Waals surface area contributed by atoms with Crippen molar-refractivity contribution in [2.24, 2.45) is 0 Å². The summed E-state index contributed by atoms with van der Waals surface area (Å²) in [6.45, 7) is 1.29. The molecule has 0 saturated heterocycles. The molecule has 0 rings (SSSR count). The van der Waals surface area contributed by atoms with Crippen LogP contribution in [-0.4, -0.2) is 39.5 Å². The van der Waals surface area contributed by atoms with Crippen molar-refractivity contribution in [1.29, 1.82) is 0 Å². The van der Waals surface area contributed by atoms with Crippen molar-refractivity contribution in [3.05, 3.63) is 12.7 Å². The fourth-order valence-corrected chi connectivity index (χ4v) is 1.82. The molecule has 5 nitrogen and oxygen atoms in total. The van der Waals surface area contributed by atoms with E-state index in [1.54, 1.807) is 0 Å². The zero-order valence-electron chi connectivity index (χ0n) is 9.40. The van der Waals surface area contributed by atoms with Crippen LogP contribution in [-0.2, 0) is 23.8 Å². The molecule has 0 aromatic heterocycles. The van der Waals surface area contributed by atoms with Crippen LogP contribution in [0.5, 0.6) is 0 Å². The van der Waals surface area contributed by atoms with Crippen LogP contribution in [0.15, 0.2) is 12.7 Å². The molecule has 0 aliphatic rings. The lowest BCUT2D eigenvalue weighted by atomic mass is 10.4. The van der Waals surface area contributed by atoms with Gasteiger partial charge in [-0.25, -0.2) is 4.79 Å². The third kappa shape index (κ3) is 10.1. The first-order valence-electron chi connectivity index (χ1n) is 4.89. The molecule has 0 aromatic rings. The molecular weight excluding hydrogens is 277 g/mol. The number of carbonyl (C=O) groups excluding carboxylic acids is 1. The molecule has 18 heavy (non-hydrogen) atoms. The van der Waals surface area contributed by atoms with E-state index in [9.17, 15) is 26.4 Å². The molecule has 0 bridgehead atoms. The number of esters is 1. The Hall–Kier alpha value is -1.09. The second-order valence-electron chi connectivity index (χ2n) is 3.22. The minimum Gasteiger partial charge on any atom is -0.463 e. The van der Waals surface area contributed by atoms with Gasteiger partial charge in [-0.1, -0.05) is 6.58 Å². The molecule has 106 valence electrons. The predicted molar refractivity (Wildman–Crippen MR) is 56.2 cm³/mol. The zero-order chi connectivity index (χ0) is 14.2. The fourth-order valence-electron chi connectivity index (χ4n) is 0.828. The average Bonchev–Trinajstić information content (AvgIpc) is 2.25. The number of halogens is 3. The Kier molecular flexibility index (Phi) is 6.92. The zero-order valence-corrected chi connectivity index (χ0v) is 10.2. The van der Waals surface area contributed by atoms with Crippen molar-refractivity contribution in [2.75, 3.05) is 19.0 Å². The Morgan fingerprint density at radius 3 is 2.39 bits per heavy atom. The summed E-state index contributed by atoms with van der Waals surface area (Å²) in [5.74, 6) is -1.21. The lowest BCUT2D eigenvalue weighted by Crippen LogP contribution is -2.22. The minimum atomic E-state index is -4.69. The van der Waals surface area contributed by atoms with Gasteiger partial charge in [0.15, 0.2) is 6.61 Å². The van der Waals surface area contributed by atoms with E-state index in [0.717, 1.165) is 6.08 Å². The van der Waals surface area contributed by atoms with Crippen molar-refractivity contribution >= 4 is 16.1 Å². The number of ether oxygens (including phenoxy) is 1. The molecule has 0 unspecified atom stereocenters. The summed E-state index contributed by atoms with van der Waals surface area (Å²) >= 11 is 0. The van der Waals surface area contributed by atoms with Gasteiger partial charge in [-0.05, 0) is 12.8 Å². The summed E-state index contributed by atoms with van der Waals surface area (Å²) in [6.07, 6.45) is -3.51. The van der Waals surface area contributed by atoms with Gasteiger partial charge in [-0.2, -0.15) is 21.6 Å². The summed E-state index contributed by atoms with van der Waals surface area (Å²) in [7, 11) is -4.20. The van der Waals surface area contributed by atoms with Crippen molar-refractivity contribution in [2.45, 2.75) is 19.0 Å². The largest absolute Gasteiger partial charge is 0.463 e. The topological polar surface area (TPSA) is 69.7 Å². The average molecular weight is 290 g/mol. The van der Waals surface area contributed by atoms with Gasteiger partial charge >= 0.3 is 12.1 Å². The molecule has 0 heterocycles. The molecule has 0 fully saturated rings. The first-order chi connectivity index (χ1) is 8.16. The highest BCUT2D eigenvalue weighted by molar-refractivity contribution is 7.86. The van der Waals surface area contributed by atoms with Gasteiger partial charge in [0.05, 0.1) is 12.4 Å². The van der Waals surface area contributed by atoms with Gasteiger partial charge in [0, 0.05) is 6.08 Å². The van der Waals surface area contributed by atoms with Crippen LogP contribution >= 0.6 is 0 Å². The number of rotatable bonds is 8. The first kappa shape index (κ1) is 16.9. The Labute approximate surface area is 103 Å².